The molecule has 0 heterocycles. The van der Waals surface area contributed by atoms with E-state index in [4.69, 9.17) is 0 Å². The Morgan fingerprint density at radius 3 is 2.64 bits per heavy atom. The van der Waals surface area contributed by atoms with Crippen LogP contribution in [0, 0.1) is 5.41 Å². The standard InChI is InChI=1S/C8H14BrNO/c1-7(11)10-6-8(2-3-8)4-5-9/h2-6H2,1H3,(H,10,11). The molecule has 0 aromatic rings. The van der Waals surface area contributed by atoms with Crippen LogP contribution in [0.3, 0.4) is 0 Å². The number of nitrogens with one attached hydrogen (secondary N) is 1. The number of hydrogen-bond acceptors (Lipinski definition) is 1. The second-order valence-corrected chi connectivity index (χ2v) is 4.14. The van der Waals surface area contributed by atoms with Gasteiger partial charge in [-0.15, -0.1) is 0 Å². The fraction of sp³-hybridized carbons (Fsp3) is 0.875. The number of alkyl halides is 1. The van der Waals surface area contributed by atoms with Gasteiger partial charge in [-0.3, -0.25) is 4.79 Å². The van der Waals surface area contributed by atoms with Gasteiger partial charge in [0.1, 0.15) is 0 Å². The van der Waals surface area contributed by atoms with Crippen molar-refractivity contribution in [1.29, 1.82) is 0 Å². The van der Waals surface area contributed by atoms with Crippen molar-refractivity contribution in [3.05, 3.63) is 0 Å². The normalized spacial score (nSPS) is 19.5. The van der Waals surface area contributed by atoms with Crippen molar-refractivity contribution in [3.8, 4) is 0 Å². The highest BCUT2D eigenvalue weighted by molar-refractivity contribution is 9.09. The van der Waals surface area contributed by atoms with Gasteiger partial charge in [-0.1, -0.05) is 15.9 Å². The second-order valence-electron chi connectivity index (χ2n) is 3.35. The summed E-state index contributed by atoms with van der Waals surface area (Å²) in [5.74, 6) is 0.0887. The van der Waals surface area contributed by atoms with E-state index in [1.807, 2.05) is 0 Å². The second kappa shape index (κ2) is 3.57. The van der Waals surface area contributed by atoms with Gasteiger partial charge in [0.2, 0.25) is 5.91 Å². The summed E-state index contributed by atoms with van der Waals surface area (Å²) in [5.41, 5.74) is 0.454. The molecule has 1 N–H and O–H groups in total. The van der Waals surface area contributed by atoms with E-state index in [-0.39, 0.29) is 5.91 Å². The minimum atomic E-state index is 0.0887. The molecule has 0 spiro atoms. The molecule has 0 bridgehead atoms. The first-order valence-electron chi connectivity index (χ1n) is 3.99. The lowest BCUT2D eigenvalue weighted by atomic mass is 10.0. The van der Waals surface area contributed by atoms with E-state index in [9.17, 15) is 4.79 Å². The molecular weight excluding hydrogens is 206 g/mol. The number of halogens is 1. The summed E-state index contributed by atoms with van der Waals surface area (Å²) in [5, 5.41) is 3.92. The monoisotopic (exact) mass is 219 g/mol. The average Bonchev–Trinajstić information content (AvgIpc) is 2.67. The zero-order chi connectivity index (χ0) is 8.32. The molecule has 1 fully saturated rings. The van der Waals surface area contributed by atoms with Gasteiger partial charge >= 0.3 is 0 Å². The van der Waals surface area contributed by atoms with Crippen LogP contribution in [0.4, 0.5) is 0 Å². The van der Waals surface area contributed by atoms with E-state index in [0.717, 1.165) is 11.9 Å². The molecule has 1 saturated carbocycles. The highest BCUT2D eigenvalue weighted by atomic mass is 79.9. The van der Waals surface area contributed by atoms with Crippen LogP contribution in [0.5, 0.6) is 0 Å². The fourth-order valence-electron chi connectivity index (χ4n) is 1.20. The molecule has 1 amide bonds. The smallest absolute Gasteiger partial charge is 0.216 e. The third-order valence-electron chi connectivity index (χ3n) is 2.29. The first kappa shape index (κ1) is 9.04. The van der Waals surface area contributed by atoms with Crippen LogP contribution in [-0.4, -0.2) is 17.8 Å². The fourth-order valence-corrected chi connectivity index (χ4v) is 2.05. The van der Waals surface area contributed by atoms with Crippen molar-refractivity contribution in [1.82, 2.24) is 5.32 Å². The summed E-state index contributed by atoms with van der Waals surface area (Å²) in [7, 11) is 0. The van der Waals surface area contributed by atoms with Crippen molar-refractivity contribution >= 4 is 21.8 Å². The highest BCUT2D eigenvalue weighted by Gasteiger charge is 2.41. The van der Waals surface area contributed by atoms with Crippen molar-refractivity contribution in [2.45, 2.75) is 26.2 Å². The van der Waals surface area contributed by atoms with Crippen molar-refractivity contribution < 1.29 is 4.79 Å². The summed E-state index contributed by atoms with van der Waals surface area (Å²) in [6.07, 6.45) is 3.74. The first-order valence-corrected chi connectivity index (χ1v) is 5.11. The van der Waals surface area contributed by atoms with Gasteiger partial charge in [0.05, 0.1) is 0 Å². The third kappa shape index (κ3) is 2.81. The average molecular weight is 220 g/mol. The topological polar surface area (TPSA) is 29.1 Å². The van der Waals surface area contributed by atoms with E-state index in [0.29, 0.717) is 5.41 Å². The highest BCUT2D eigenvalue weighted by Crippen LogP contribution is 2.48. The predicted molar refractivity (Wildman–Crippen MR) is 48.8 cm³/mol. The third-order valence-corrected chi connectivity index (χ3v) is 2.69. The Morgan fingerprint density at radius 2 is 2.27 bits per heavy atom. The Labute approximate surface area is 75.9 Å². The van der Waals surface area contributed by atoms with Crippen LogP contribution in [0.1, 0.15) is 26.2 Å². The molecule has 2 nitrogen and oxygen atoms in total. The molecule has 1 aliphatic carbocycles. The number of rotatable bonds is 4. The minimum absolute atomic E-state index is 0.0887. The molecule has 3 heteroatoms. The SMILES string of the molecule is CC(=O)NCC1(CCBr)CC1. The Bertz CT molecular complexity index is 154. The summed E-state index contributed by atoms with van der Waals surface area (Å²) in [6.45, 7) is 2.44. The molecule has 11 heavy (non-hydrogen) atoms. The Hall–Kier alpha value is -0.0500. The van der Waals surface area contributed by atoms with Crippen LogP contribution < -0.4 is 5.32 Å². The molecule has 0 atom stereocenters. The number of carbonyl (C=O) groups is 1. The molecule has 64 valence electrons. The van der Waals surface area contributed by atoms with Gasteiger partial charge < -0.3 is 5.32 Å². The van der Waals surface area contributed by atoms with Crippen LogP contribution >= 0.6 is 15.9 Å². The molecule has 0 aromatic heterocycles. The number of hydrogen-bond donors (Lipinski definition) is 1. The lowest BCUT2D eigenvalue weighted by Crippen LogP contribution is -2.28. The minimum Gasteiger partial charge on any atom is -0.356 e. The van der Waals surface area contributed by atoms with Crippen molar-refractivity contribution in [3.63, 3.8) is 0 Å². The van der Waals surface area contributed by atoms with Crippen LogP contribution in [0.25, 0.3) is 0 Å². The maximum atomic E-state index is 10.6. The van der Waals surface area contributed by atoms with Gasteiger partial charge in [0.25, 0.3) is 0 Å². The Morgan fingerprint density at radius 1 is 1.64 bits per heavy atom. The van der Waals surface area contributed by atoms with Gasteiger partial charge in [0, 0.05) is 18.8 Å². The quantitative estimate of drug-likeness (QED) is 0.717. The Kier molecular flexibility index (Phi) is 2.93. The maximum absolute atomic E-state index is 10.6. The van der Waals surface area contributed by atoms with Gasteiger partial charge in [-0.2, -0.15) is 0 Å². The van der Waals surface area contributed by atoms with Crippen LogP contribution in [0.15, 0.2) is 0 Å². The molecule has 0 radical (unpaired) electrons. The van der Waals surface area contributed by atoms with Gasteiger partial charge in [-0.05, 0) is 24.7 Å². The number of carbonyl (C=O) groups excluding carboxylic acids is 1. The molecule has 1 aliphatic rings. The molecular formula is C8H14BrNO. The van der Waals surface area contributed by atoms with Crippen LogP contribution in [-0.2, 0) is 4.79 Å². The van der Waals surface area contributed by atoms with Crippen LogP contribution in [0.2, 0.25) is 0 Å². The molecule has 0 aliphatic heterocycles. The molecule has 0 unspecified atom stereocenters. The van der Waals surface area contributed by atoms with E-state index in [1.54, 1.807) is 6.92 Å². The summed E-state index contributed by atoms with van der Waals surface area (Å²) < 4.78 is 0. The zero-order valence-corrected chi connectivity index (χ0v) is 8.41. The van der Waals surface area contributed by atoms with Gasteiger partial charge in [0.15, 0.2) is 0 Å². The predicted octanol–water partition coefficient (Wildman–Crippen LogP) is 1.69. The van der Waals surface area contributed by atoms with Crippen molar-refractivity contribution in [2.75, 3.05) is 11.9 Å². The van der Waals surface area contributed by atoms with E-state index >= 15 is 0 Å². The maximum Gasteiger partial charge on any atom is 0.216 e. The molecule has 1 rings (SSSR count). The van der Waals surface area contributed by atoms with E-state index in [1.165, 1.54) is 19.3 Å². The van der Waals surface area contributed by atoms with Crippen molar-refractivity contribution in [2.24, 2.45) is 5.41 Å². The van der Waals surface area contributed by atoms with E-state index < -0.39 is 0 Å². The zero-order valence-electron chi connectivity index (χ0n) is 6.82. The lowest BCUT2D eigenvalue weighted by molar-refractivity contribution is -0.119. The molecule has 0 aromatic carbocycles. The summed E-state index contributed by atoms with van der Waals surface area (Å²) in [6, 6.07) is 0. The van der Waals surface area contributed by atoms with E-state index in [2.05, 4.69) is 21.2 Å². The number of amides is 1. The largest absolute Gasteiger partial charge is 0.356 e. The lowest BCUT2D eigenvalue weighted by Gasteiger charge is -2.12. The molecule has 0 saturated heterocycles. The Balaban J connectivity index is 2.19. The summed E-state index contributed by atoms with van der Waals surface area (Å²) >= 11 is 3.42. The summed E-state index contributed by atoms with van der Waals surface area (Å²) in [4.78, 5) is 10.6. The van der Waals surface area contributed by atoms with Gasteiger partial charge in [-0.25, -0.2) is 0 Å². The first-order chi connectivity index (χ1) is 5.18.